The summed E-state index contributed by atoms with van der Waals surface area (Å²) >= 11 is 0. The van der Waals surface area contributed by atoms with Crippen molar-refractivity contribution in [2.24, 2.45) is 0 Å². The number of anilines is 1. The van der Waals surface area contributed by atoms with Crippen LogP contribution in [0.1, 0.15) is 19.4 Å². The van der Waals surface area contributed by atoms with Crippen LogP contribution in [0.5, 0.6) is 5.75 Å². The monoisotopic (exact) mass is 343 g/mol. The fraction of sp³-hybridized carbons (Fsp3) is 0.263. The van der Waals surface area contributed by atoms with E-state index in [9.17, 15) is 14.0 Å². The highest BCUT2D eigenvalue weighted by Crippen LogP contribution is 2.39. The Labute approximate surface area is 145 Å². The largest absolute Gasteiger partial charge is 0.464 e. The van der Waals surface area contributed by atoms with Gasteiger partial charge in [-0.05, 0) is 32.0 Å². The summed E-state index contributed by atoms with van der Waals surface area (Å²) in [5.74, 6) is -1.41. The molecule has 0 saturated carbocycles. The number of benzene rings is 2. The second-order valence-corrected chi connectivity index (χ2v) is 5.81. The Kier molecular flexibility index (Phi) is 4.44. The molecule has 3 rings (SSSR count). The summed E-state index contributed by atoms with van der Waals surface area (Å²) in [4.78, 5) is 26.7. The molecule has 0 saturated heterocycles. The number of rotatable bonds is 4. The second-order valence-electron chi connectivity index (χ2n) is 5.81. The first-order chi connectivity index (χ1) is 12.0. The van der Waals surface area contributed by atoms with Crippen LogP contribution in [-0.2, 0) is 20.9 Å². The van der Waals surface area contributed by atoms with Gasteiger partial charge in [0.15, 0.2) is 0 Å². The standard InChI is InChI=1S/C19H18FNO4/c1-3-24-18(23)19(2)17(22)21(12-13-8-4-5-9-14(13)20)15-10-6-7-11-16(15)25-19/h4-11H,3,12H2,1-2H3. The van der Waals surface area contributed by atoms with E-state index >= 15 is 0 Å². The van der Waals surface area contributed by atoms with Gasteiger partial charge >= 0.3 is 5.97 Å². The zero-order chi connectivity index (χ0) is 18.0. The van der Waals surface area contributed by atoms with Gasteiger partial charge < -0.3 is 14.4 Å². The molecule has 0 spiro atoms. The highest BCUT2D eigenvalue weighted by molar-refractivity contribution is 6.15. The van der Waals surface area contributed by atoms with Gasteiger partial charge in [-0.15, -0.1) is 0 Å². The Bertz CT molecular complexity index is 823. The number of esters is 1. The molecule has 0 radical (unpaired) electrons. The van der Waals surface area contributed by atoms with Crippen molar-refractivity contribution >= 4 is 17.6 Å². The Morgan fingerprint density at radius 3 is 2.60 bits per heavy atom. The number of fused-ring (bicyclic) bond motifs is 1. The molecule has 1 unspecified atom stereocenters. The minimum Gasteiger partial charge on any atom is -0.464 e. The first-order valence-corrected chi connectivity index (χ1v) is 7.98. The van der Waals surface area contributed by atoms with E-state index in [0.29, 0.717) is 17.0 Å². The lowest BCUT2D eigenvalue weighted by Gasteiger charge is -2.39. The number of nitrogens with zero attached hydrogens (tertiary/aromatic N) is 1. The number of carbonyl (C=O) groups excluding carboxylic acids is 2. The summed E-state index contributed by atoms with van der Waals surface area (Å²) in [6.07, 6.45) is 0. The summed E-state index contributed by atoms with van der Waals surface area (Å²) in [5, 5.41) is 0. The minimum atomic E-state index is -1.81. The third kappa shape index (κ3) is 2.95. The normalized spacial score (nSPS) is 19.2. The summed E-state index contributed by atoms with van der Waals surface area (Å²) in [5.41, 5.74) is -0.980. The maximum absolute atomic E-state index is 14.1. The van der Waals surface area contributed by atoms with Crippen LogP contribution in [-0.4, -0.2) is 24.1 Å². The van der Waals surface area contributed by atoms with Gasteiger partial charge in [-0.3, -0.25) is 4.79 Å². The van der Waals surface area contributed by atoms with Crippen LogP contribution in [0, 0.1) is 5.82 Å². The average Bonchev–Trinajstić information content (AvgIpc) is 2.60. The predicted molar refractivity (Wildman–Crippen MR) is 89.7 cm³/mol. The van der Waals surface area contributed by atoms with Crippen molar-refractivity contribution in [3.63, 3.8) is 0 Å². The van der Waals surface area contributed by atoms with Gasteiger partial charge in [0.25, 0.3) is 11.5 Å². The van der Waals surface area contributed by atoms with Crippen molar-refractivity contribution in [3.05, 3.63) is 59.9 Å². The first kappa shape index (κ1) is 17.0. The first-order valence-electron chi connectivity index (χ1n) is 7.98. The van der Waals surface area contributed by atoms with Crippen molar-refractivity contribution in [2.45, 2.75) is 26.0 Å². The average molecular weight is 343 g/mol. The molecule has 2 aromatic carbocycles. The number of amides is 1. The molecule has 1 heterocycles. The molecule has 6 heteroatoms. The lowest BCUT2D eigenvalue weighted by Crippen LogP contribution is -2.59. The maximum Gasteiger partial charge on any atom is 0.360 e. The topological polar surface area (TPSA) is 55.8 Å². The lowest BCUT2D eigenvalue weighted by atomic mass is 10.0. The smallest absolute Gasteiger partial charge is 0.360 e. The van der Waals surface area contributed by atoms with Gasteiger partial charge in [-0.25, -0.2) is 9.18 Å². The molecule has 0 fully saturated rings. The molecule has 1 atom stereocenters. The van der Waals surface area contributed by atoms with Gasteiger partial charge in [0.05, 0.1) is 18.8 Å². The molecular formula is C19H18FNO4. The molecule has 2 aromatic rings. The molecular weight excluding hydrogens is 325 g/mol. The molecule has 0 bridgehead atoms. The molecule has 0 aromatic heterocycles. The van der Waals surface area contributed by atoms with Crippen LogP contribution in [0.25, 0.3) is 0 Å². The third-order valence-corrected chi connectivity index (χ3v) is 4.07. The summed E-state index contributed by atoms with van der Waals surface area (Å²) in [7, 11) is 0. The van der Waals surface area contributed by atoms with Crippen LogP contribution in [0.3, 0.4) is 0 Å². The molecule has 1 amide bonds. The fourth-order valence-electron chi connectivity index (χ4n) is 2.75. The van der Waals surface area contributed by atoms with Gasteiger partial charge in [-0.2, -0.15) is 0 Å². The van der Waals surface area contributed by atoms with Gasteiger partial charge in [-0.1, -0.05) is 30.3 Å². The van der Waals surface area contributed by atoms with Crippen molar-refractivity contribution < 1.29 is 23.5 Å². The molecule has 0 N–H and O–H groups in total. The SMILES string of the molecule is CCOC(=O)C1(C)Oc2ccccc2N(Cc2ccccc2F)C1=O. The molecule has 1 aliphatic rings. The Hall–Kier alpha value is -2.89. The fourth-order valence-corrected chi connectivity index (χ4v) is 2.75. The van der Waals surface area contributed by atoms with Crippen molar-refractivity contribution in [2.75, 3.05) is 11.5 Å². The van der Waals surface area contributed by atoms with Crippen LogP contribution in [0.15, 0.2) is 48.5 Å². The predicted octanol–water partition coefficient (Wildman–Crippen LogP) is 3.07. The number of para-hydroxylation sites is 2. The maximum atomic E-state index is 14.1. The molecule has 25 heavy (non-hydrogen) atoms. The highest BCUT2D eigenvalue weighted by atomic mass is 19.1. The number of ether oxygens (including phenoxy) is 2. The summed E-state index contributed by atoms with van der Waals surface area (Å²) in [6, 6.07) is 13.0. The van der Waals surface area contributed by atoms with E-state index in [1.165, 1.54) is 17.9 Å². The minimum absolute atomic E-state index is 0.0130. The molecule has 0 aliphatic carbocycles. The van der Waals surface area contributed by atoms with Gasteiger partial charge in [0, 0.05) is 5.56 Å². The van der Waals surface area contributed by atoms with E-state index in [1.54, 1.807) is 49.4 Å². The Morgan fingerprint density at radius 2 is 1.88 bits per heavy atom. The van der Waals surface area contributed by atoms with Crippen molar-refractivity contribution in [1.29, 1.82) is 0 Å². The van der Waals surface area contributed by atoms with Gasteiger partial charge in [0.1, 0.15) is 11.6 Å². The zero-order valence-electron chi connectivity index (χ0n) is 14.0. The third-order valence-electron chi connectivity index (χ3n) is 4.07. The van der Waals surface area contributed by atoms with Crippen LogP contribution < -0.4 is 9.64 Å². The van der Waals surface area contributed by atoms with E-state index in [0.717, 1.165) is 0 Å². The van der Waals surface area contributed by atoms with Crippen LogP contribution in [0.4, 0.5) is 10.1 Å². The van der Waals surface area contributed by atoms with E-state index in [-0.39, 0.29) is 13.2 Å². The Morgan fingerprint density at radius 1 is 1.20 bits per heavy atom. The second kappa shape index (κ2) is 6.55. The lowest BCUT2D eigenvalue weighted by molar-refractivity contribution is -0.166. The van der Waals surface area contributed by atoms with Crippen LogP contribution >= 0.6 is 0 Å². The summed E-state index contributed by atoms with van der Waals surface area (Å²) < 4.78 is 24.8. The van der Waals surface area contributed by atoms with Crippen molar-refractivity contribution in [1.82, 2.24) is 0 Å². The Balaban J connectivity index is 2.04. The van der Waals surface area contributed by atoms with E-state index in [2.05, 4.69) is 0 Å². The number of carbonyl (C=O) groups is 2. The van der Waals surface area contributed by atoms with Gasteiger partial charge in [0.2, 0.25) is 0 Å². The zero-order valence-corrected chi connectivity index (χ0v) is 14.0. The number of halogens is 1. The molecule has 130 valence electrons. The van der Waals surface area contributed by atoms with E-state index in [1.807, 2.05) is 0 Å². The summed E-state index contributed by atoms with van der Waals surface area (Å²) in [6.45, 7) is 3.14. The highest BCUT2D eigenvalue weighted by Gasteiger charge is 2.52. The quantitative estimate of drug-likeness (QED) is 0.632. The number of hydrogen-bond acceptors (Lipinski definition) is 4. The molecule has 5 nitrogen and oxygen atoms in total. The molecule has 1 aliphatic heterocycles. The van der Waals surface area contributed by atoms with E-state index < -0.39 is 23.3 Å². The van der Waals surface area contributed by atoms with Crippen molar-refractivity contribution in [3.8, 4) is 5.75 Å². The number of hydrogen-bond donors (Lipinski definition) is 0. The van der Waals surface area contributed by atoms with E-state index in [4.69, 9.17) is 9.47 Å². The van der Waals surface area contributed by atoms with Crippen LogP contribution in [0.2, 0.25) is 0 Å².